The van der Waals surface area contributed by atoms with Crippen LogP contribution in [0.4, 0.5) is 5.69 Å². The van der Waals surface area contributed by atoms with Crippen molar-refractivity contribution >= 4 is 17.7 Å². The Morgan fingerprint density at radius 2 is 2.09 bits per heavy atom. The highest BCUT2D eigenvalue weighted by atomic mass is 16.5. The Morgan fingerprint density at radius 3 is 2.91 bits per heavy atom. The number of nitrogens with one attached hydrogen (secondary N) is 1. The minimum absolute atomic E-state index is 0.0615. The fourth-order valence-corrected chi connectivity index (χ4v) is 2.66. The lowest BCUT2D eigenvalue weighted by Crippen LogP contribution is -2.08. The number of amides is 1. The fourth-order valence-electron chi connectivity index (χ4n) is 2.66. The molecule has 3 aromatic rings. The number of ether oxygens (including phenoxy) is 1. The molecule has 0 saturated carbocycles. The Balaban J connectivity index is 1.72. The highest BCUT2D eigenvalue weighted by Crippen LogP contribution is 2.29. The maximum absolute atomic E-state index is 12.4. The number of carbonyl (C=O) groups excluding carboxylic acids is 1. The monoisotopic (exact) mass is 432 g/mol. The summed E-state index contributed by atoms with van der Waals surface area (Å²) in [6, 6.07) is 6.02. The minimum Gasteiger partial charge on any atom is -0.504 e. The van der Waals surface area contributed by atoms with E-state index in [0.717, 1.165) is 11.1 Å². The molecule has 2 heterocycles. The van der Waals surface area contributed by atoms with Gasteiger partial charge in [-0.15, -0.1) is 0 Å². The summed E-state index contributed by atoms with van der Waals surface area (Å²) in [4.78, 5) is 21.7. The third-order valence-electron chi connectivity index (χ3n) is 4.05. The zero-order chi connectivity index (χ0) is 22.8. The molecule has 13 heteroatoms. The Morgan fingerprint density at radius 1 is 1.25 bits per heavy atom. The van der Waals surface area contributed by atoms with Crippen molar-refractivity contribution in [3.8, 4) is 22.6 Å². The number of azide groups is 2. The first-order valence-electron chi connectivity index (χ1n) is 9.04. The Labute approximate surface area is 180 Å². The number of pyridine rings is 1. The number of hydrogen-bond acceptors (Lipinski definition) is 7. The van der Waals surface area contributed by atoms with Crippen LogP contribution >= 0.6 is 0 Å². The molecule has 1 aromatic carbocycles. The van der Waals surface area contributed by atoms with Crippen molar-refractivity contribution in [1.29, 1.82) is 0 Å². The smallest absolute Gasteiger partial charge is 0.248 e. The quantitative estimate of drug-likeness (QED) is 0.168. The number of phenols is 1. The second-order valence-corrected chi connectivity index (χ2v) is 6.11. The van der Waals surface area contributed by atoms with Crippen LogP contribution in [0.2, 0.25) is 0 Å². The molecule has 0 bridgehead atoms. The highest BCUT2D eigenvalue weighted by Gasteiger charge is 2.08. The van der Waals surface area contributed by atoms with Crippen molar-refractivity contribution < 1.29 is 14.6 Å². The summed E-state index contributed by atoms with van der Waals surface area (Å²) < 4.78 is 6.63. The van der Waals surface area contributed by atoms with Gasteiger partial charge in [0.1, 0.15) is 6.67 Å². The SMILES string of the molecule is [N-]=[N+]=NCOc1cc(NC(=O)/C=C/c2cnccc2-c2cnn(CN=[N+]=[N-])c2)ccc1O. The van der Waals surface area contributed by atoms with Crippen LogP contribution in [0.15, 0.2) is 65.4 Å². The molecule has 13 nitrogen and oxygen atoms in total. The van der Waals surface area contributed by atoms with Gasteiger partial charge in [0.2, 0.25) is 5.91 Å². The van der Waals surface area contributed by atoms with Gasteiger partial charge >= 0.3 is 0 Å². The molecule has 0 unspecified atom stereocenters. The number of benzene rings is 1. The maximum Gasteiger partial charge on any atom is 0.248 e. The van der Waals surface area contributed by atoms with Crippen molar-refractivity contribution in [2.24, 2.45) is 10.2 Å². The molecule has 2 aromatic heterocycles. The van der Waals surface area contributed by atoms with E-state index in [-0.39, 0.29) is 24.9 Å². The van der Waals surface area contributed by atoms with Gasteiger partial charge in [-0.2, -0.15) is 5.10 Å². The third kappa shape index (κ3) is 5.76. The molecule has 0 atom stereocenters. The Kier molecular flexibility index (Phi) is 7.25. The Bertz CT molecular complexity index is 1240. The molecule has 0 fully saturated rings. The minimum atomic E-state index is -0.425. The van der Waals surface area contributed by atoms with E-state index in [0.29, 0.717) is 11.3 Å². The van der Waals surface area contributed by atoms with Crippen molar-refractivity contribution in [2.45, 2.75) is 6.67 Å². The van der Waals surface area contributed by atoms with E-state index in [1.165, 1.54) is 29.0 Å². The molecular formula is C19H16N10O3. The first-order valence-corrected chi connectivity index (χ1v) is 9.04. The summed E-state index contributed by atoms with van der Waals surface area (Å²) in [5.74, 6) is -0.523. The molecular weight excluding hydrogens is 416 g/mol. The second-order valence-electron chi connectivity index (χ2n) is 6.11. The van der Waals surface area contributed by atoms with Crippen LogP contribution in [0.3, 0.4) is 0 Å². The first-order chi connectivity index (χ1) is 15.6. The van der Waals surface area contributed by atoms with E-state index in [2.05, 4.69) is 35.5 Å². The first kappa shape index (κ1) is 21.7. The number of carbonyl (C=O) groups is 1. The Hall–Kier alpha value is -4.99. The van der Waals surface area contributed by atoms with Gasteiger partial charge in [0, 0.05) is 57.4 Å². The summed E-state index contributed by atoms with van der Waals surface area (Å²) in [6.07, 6.45) is 9.49. The molecule has 160 valence electrons. The highest BCUT2D eigenvalue weighted by molar-refractivity contribution is 6.02. The molecule has 0 saturated heterocycles. The van der Waals surface area contributed by atoms with Gasteiger partial charge in [0.15, 0.2) is 18.2 Å². The third-order valence-corrected chi connectivity index (χ3v) is 4.05. The van der Waals surface area contributed by atoms with Crippen molar-refractivity contribution in [2.75, 3.05) is 12.0 Å². The summed E-state index contributed by atoms with van der Waals surface area (Å²) in [5, 5.41) is 23.3. The number of nitrogens with zero attached hydrogens (tertiary/aromatic N) is 9. The fraction of sp³-hybridized carbons (Fsp3) is 0.105. The van der Waals surface area contributed by atoms with E-state index >= 15 is 0 Å². The van der Waals surface area contributed by atoms with Crippen LogP contribution in [-0.2, 0) is 11.5 Å². The lowest BCUT2D eigenvalue weighted by Gasteiger charge is -2.08. The summed E-state index contributed by atoms with van der Waals surface area (Å²) in [6.45, 7) is -0.235. The van der Waals surface area contributed by atoms with Gasteiger partial charge in [-0.25, -0.2) is 0 Å². The number of aromatic hydroxyl groups is 1. The van der Waals surface area contributed by atoms with E-state index in [1.807, 2.05) is 0 Å². The van der Waals surface area contributed by atoms with Crippen LogP contribution in [-0.4, -0.2) is 32.5 Å². The summed E-state index contributed by atoms with van der Waals surface area (Å²) in [5.41, 5.74) is 19.3. The van der Waals surface area contributed by atoms with Gasteiger partial charge in [-0.05, 0) is 40.9 Å². The number of phenolic OH excluding ortho intramolecular Hbond substituents is 1. The van der Waals surface area contributed by atoms with E-state index in [9.17, 15) is 9.90 Å². The van der Waals surface area contributed by atoms with E-state index in [4.69, 9.17) is 15.8 Å². The van der Waals surface area contributed by atoms with Crippen molar-refractivity contribution in [1.82, 2.24) is 14.8 Å². The van der Waals surface area contributed by atoms with Crippen LogP contribution in [0.5, 0.6) is 11.5 Å². The van der Waals surface area contributed by atoms with Gasteiger partial charge in [-0.3, -0.25) is 14.5 Å². The number of hydrogen-bond donors (Lipinski definition) is 2. The zero-order valence-electron chi connectivity index (χ0n) is 16.5. The normalized spacial score (nSPS) is 10.2. The van der Waals surface area contributed by atoms with Crippen LogP contribution in [0.25, 0.3) is 38.1 Å². The molecule has 32 heavy (non-hydrogen) atoms. The zero-order valence-corrected chi connectivity index (χ0v) is 16.5. The summed E-state index contributed by atoms with van der Waals surface area (Å²) in [7, 11) is 0. The number of aromatic nitrogens is 3. The van der Waals surface area contributed by atoms with Crippen molar-refractivity contribution in [3.63, 3.8) is 0 Å². The number of rotatable bonds is 9. The standard InChI is InChI=1S/C19H16N10O3/c20-27-23-11-29-10-14(9-25-29)16-5-6-22-8-13(16)1-4-19(31)26-15-2-3-17(30)18(7-15)32-12-24-28-21/h1-10,30H,11-12H2,(H,26,31)/b4-1+. The van der Waals surface area contributed by atoms with Crippen LogP contribution in [0, 0.1) is 0 Å². The average Bonchev–Trinajstić information content (AvgIpc) is 3.27. The van der Waals surface area contributed by atoms with Crippen LogP contribution in [0.1, 0.15) is 5.56 Å². The van der Waals surface area contributed by atoms with Gasteiger partial charge in [0.25, 0.3) is 0 Å². The van der Waals surface area contributed by atoms with Gasteiger partial charge < -0.3 is 15.2 Å². The lowest BCUT2D eigenvalue weighted by molar-refractivity contribution is -0.111. The molecule has 0 spiro atoms. The maximum atomic E-state index is 12.4. The molecule has 1 amide bonds. The van der Waals surface area contributed by atoms with Gasteiger partial charge in [-0.1, -0.05) is 10.2 Å². The topological polar surface area (TPSA) is 187 Å². The largest absolute Gasteiger partial charge is 0.504 e. The van der Waals surface area contributed by atoms with Crippen molar-refractivity contribution in [3.05, 3.63) is 81.6 Å². The molecule has 0 aliphatic heterocycles. The lowest BCUT2D eigenvalue weighted by atomic mass is 10.0. The van der Waals surface area contributed by atoms with Crippen LogP contribution < -0.4 is 10.1 Å². The second kappa shape index (κ2) is 10.7. The average molecular weight is 432 g/mol. The molecule has 3 rings (SSSR count). The molecule has 0 aliphatic rings. The van der Waals surface area contributed by atoms with E-state index in [1.54, 1.807) is 36.9 Å². The number of anilines is 1. The predicted octanol–water partition coefficient (Wildman–Crippen LogP) is 4.22. The van der Waals surface area contributed by atoms with E-state index < -0.39 is 5.91 Å². The predicted molar refractivity (Wildman–Crippen MR) is 115 cm³/mol. The van der Waals surface area contributed by atoms with Gasteiger partial charge in [0.05, 0.1) is 6.20 Å². The molecule has 0 aliphatic carbocycles. The summed E-state index contributed by atoms with van der Waals surface area (Å²) >= 11 is 0. The molecule has 2 N–H and O–H groups in total. The molecule has 0 radical (unpaired) electrons.